The van der Waals surface area contributed by atoms with Gasteiger partial charge >= 0.3 is 0 Å². The van der Waals surface area contributed by atoms with Crippen molar-refractivity contribution in [3.8, 4) is 0 Å². The van der Waals surface area contributed by atoms with E-state index in [-0.39, 0.29) is 35.5 Å². The Kier molecular flexibility index (Phi) is 12.1. The van der Waals surface area contributed by atoms with Gasteiger partial charge in [-0.3, -0.25) is 13.9 Å². The van der Waals surface area contributed by atoms with Crippen LogP contribution in [0.5, 0.6) is 0 Å². The summed E-state index contributed by atoms with van der Waals surface area (Å²) in [4.78, 5) is 29.9. The monoisotopic (exact) mass is 699 g/mol. The van der Waals surface area contributed by atoms with E-state index in [1.165, 1.54) is 29.2 Å². The summed E-state index contributed by atoms with van der Waals surface area (Å²) in [5.74, 6) is -1.00. The van der Waals surface area contributed by atoms with Gasteiger partial charge in [0.25, 0.3) is 10.0 Å². The Morgan fingerprint density at radius 1 is 0.826 bits per heavy atom. The maximum Gasteiger partial charge on any atom is 0.264 e. The second kappa shape index (κ2) is 15.8. The van der Waals surface area contributed by atoms with Crippen molar-refractivity contribution >= 4 is 62.3 Å². The summed E-state index contributed by atoms with van der Waals surface area (Å²) in [6.07, 6.45) is 0.843. The molecule has 0 saturated carbocycles. The molecule has 0 aliphatic carbocycles. The zero-order valence-electron chi connectivity index (χ0n) is 25.8. The number of benzene rings is 4. The minimum absolute atomic E-state index is 0.0110. The first-order valence-electron chi connectivity index (χ1n) is 14.8. The summed E-state index contributed by atoms with van der Waals surface area (Å²) in [6, 6.07) is 25.7. The summed E-state index contributed by atoms with van der Waals surface area (Å²) in [7, 11) is -4.24. The predicted molar refractivity (Wildman–Crippen MR) is 186 cm³/mol. The lowest BCUT2D eigenvalue weighted by molar-refractivity contribution is -0.140. The van der Waals surface area contributed by atoms with Crippen molar-refractivity contribution in [1.82, 2.24) is 10.2 Å². The molecule has 0 saturated heterocycles. The summed E-state index contributed by atoms with van der Waals surface area (Å²) >= 11 is 19.3. The molecule has 4 rings (SSSR count). The normalized spacial score (nSPS) is 12.7. The van der Waals surface area contributed by atoms with Crippen LogP contribution in [0.1, 0.15) is 37.0 Å². The first kappa shape index (κ1) is 35.3. The van der Waals surface area contributed by atoms with Gasteiger partial charge in [0.1, 0.15) is 12.6 Å². The molecule has 0 unspecified atom stereocenters. The lowest BCUT2D eigenvalue weighted by Crippen LogP contribution is -2.54. The largest absolute Gasteiger partial charge is 0.352 e. The van der Waals surface area contributed by atoms with E-state index in [2.05, 4.69) is 5.32 Å². The van der Waals surface area contributed by atoms with Gasteiger partial charge in [-0.05, 0) is 74.4 Å². The third-order valence-corrected chi connectivity index (χ3v) is 10.4. The van der Waals surface area contributed by atoms with Crippen molar-refractivity contribution in [2.24, 2.45) is 0 Å². The molecule has 0 aliphatic heterocycles. The number of halogens is 3. The van der Waals surface area contributed by atoms with E-state index in [1.54, 1.807) is 42.5 Å². The van der Waals surface area contributed by atoms with Crippen LogP contribution in [0.4, 0.5) is 5.69 Å². The Bertz CT molecular complexity index is 1730. The Morgan fingerprint density at radius 2 is 1.43 bits per heavy atom. The highest BCUT2D eigenvalue weighted by Crippen LogP contribution is 2.29. The molecular formula is C35H36Cl3N3O4S. The Morgan fingerprint density at radius 3 is 2.02 bits per heavy atom. The summed E-state index contributed by atoms with van der Waals surface area (Å²) in [5, 5.41) is 4.04. The van der Waals surface area contributed by atoms with E-state index < -0.39 is 28.5 Å². The highest BCUT2D eigenvalue weighted by Gasteiger charge is 2.35. The molecule has 2 atom stereocenters. The van der Waals surface area contributed by atoms with Gasteiger partial charge in [0.05, 0.1) is 10.6 Å². The summed E-state index contributed by atoms with van der Waals surface area (Å²) < 4.78 is 29.3. The molecule has 0 aliphatic rings. The average Bonchev–Trinajstić information content (AvgIpc) is 3.03. The van der Waals surface area contributed by atoms with E-state index in [9.17, 15) is 18.0 Å². The van der Waals surface area contributed by atoms with E-state index in [0.717, 1.165) is 15.4 Å². The fourth-order valence-electron chi connectivity index (χ4n) is 4.82. The maximum atomic E-state index is 14.6. The van der Waals surface area contributed by atoms with Crippen molar-refractivity contribution < 1.29 is 18.0 Å². The minimum atomic E-state index is -4.24. The lowest BCUT2D eigenvalue weighted by Gasteiger charge is -2.34. The van der Waals surface area contributed by atoms with E-state index in [1.807, 2.05) is 51.1 Å². The zero-order valence-corrected chi connectivity index (χ0v) is 28.9. The van der Waals surface area contributed by atoms with Crippen molar-refractivity contribution in [1.29, 1.82) is 0 Å². The summed E-state index contributed by atoms with van der Waals surface area (Å²) in [5.41, 5.74) is 2.37. The number of aryl methyl sites for hydroxylation is 1. The number of hydrogen-bond acceptors (Lipinski definition) is 4. The van der Waals surface area contributed by atoms with Crippen molar-refractivity contribution in [2.45, 2.75) is 57.1 Å². The molecule has 46 heavy (non-hydrogen) atoms. The Hall–Kier alpha value is -3.56. The van der Waals surface area contributed by atoms with Crippen molar-refractivity contribution in [3.05, 3.63) is 129 Å². The lowest BCUT2D eigenvalue weighted by atomic mass is 10.0. The number of carbonyl (C=O) groups is 2. The number of hydrogen-bond donors (Lipinski definition) is 1. The van der Waals surface area contributed by atoms with Crippen LogP contribution in [0.2, 0.25) is 15.1 Å². The molecule has 1 N–H and O–H groups in total. The molecular weight excluding hydrogens is 665 g/mol. The topological polar surface area (TPSA) is 86.8 Å². The van der Waals surface area contributed by atoms with Crippen LogP contribution in [0.3, 0.4) is 0 Å². The molecule has 0 spiro atoms. The molecule has 4 aromatic carbocycles. The number of rotatable bonds is 13. The van der Waals surface area contributed by atoms with E-state index >= 15 is 0 Å². The predicted octanol–water partition coefficient (Wildman–Crippen LogP) is 7.71. The van der Waals surface area contributed by atoms with Crippen LogP contribution in [-0.4, -0.2) is 43.8 Å². The average molecular weight is 701 g/mol. The number of nitrogens with zero attached hydrogens (tertiary/aromatic N) is 2. The van der Waals surface area contributed by atoms with Gasteiger partial charge < -0.3 is 10.2 Å². The number of carbonyl (C=O) groups excluding carboxylic acids is 2. The van der Waals surface area contributed by atoms with Gasteiger partial charge in [0, 0.05) is 39.6 Å². The molecule has 4 aromatic rings. The van der Waals surface area contributed by atoms with E-state index in [4.69, 9.17) is 34.8 Å². The Balaban J connectivity index is 1.84. The standard InChI is InChI=1S/C35H36Cl3N3O4S/c1-4-25(3)39-35(43)33(21-26-9-6-5-7-10-26)40(22-30-31(37)11-8-12-32(30)38)34(42)23-41(28-17-15-27(36)16-18-28)46(44,45)29-19-13-24(2)14-20-29/h5-20,25,33H,4,21-23H2,1-3H3,(H,39,43)/t25-,33+/m1/s1. The molecule has 7 nitrogen and oxygen atoms in total. The SMILES string of the molecule is CC[C@@H](C)NC(=O)[C@H](Cc1ccccc1)N(Cc1c(Cl)cccc1Cl)C(=O)CN(c1ccc(Cl)cc1)S(=O)(=O)c1ccc(C)cc1. The van der Waals surface area contributed by atoms with Gasteiger partial charge in [-0.25, -0.2) is 8.42 Å². The molecule has 0 bridgehead atoms. The second-order valence-corrected chi connectivity index (χ2v) is 14.2. The fourth-order valence-corrected chi connectivity index (χ4v) is 6.88. The second-order valence-electron chi connectivity index (χ2n) is 11.0. The van der Waals surface area contributed by atoms with Gasteiger partial charge in [0.2, 0.25) is 11.8 Å². The van der Waals surface area contributed by atoms with Crippen LogP contribution in [-0.2, 0) is 32.6 Å². The quantitative estimate of drug-likeness (QED) is 0.155. The van der Waals surface area contributed by atoms with Crippen LogP contribution in [0.15, 0.2) is 102 Å². The molecule has 0 radical (unpaired) electrons. The first-order valence-corrected chi connectivity index (χ1v) is 17.4. The number of anilines is 1. The maximum absolute atomic E-state index is 14.6. The number of nitrogens with one attached hydrogen (secondary N) is 1. The van der Waals surface area contributed by atoms with E-state index in [0.29, 0.717) is 27.1 Å². The number of sulfonamides is 1. The molecule has 0 fully saturated rings. The van der Waals surface area contributed by atoms with Gasteiger partial charge in [0.15, 0.2) is 0 Å². The summed E-state index contributed by atoms with van der Waals surface area (Å²) in [6.45, 7) is 4.93. The van der Waals surface area contributed by atoms with Gasteiger partial charge in [-0.15, -0.1) is 0 Å². The van der Waals surface area contributed by atoms with Crippen molar-refractivity contribution in [2.75, 3.05) is 10.8 Å². The zero-order chi connectivity index (χ0) is 33.4. The van der Waals surface area contributed by atoms with Crippen LogP contribution >= 0.6 is 34.8 Å². The fraction of sp³-hybridized carbons (Fsp3) is 0.257. The van der Waals surface area contributed by atoms with Crippen LogP contribution in [0, 0.1) is 6.92 Å². The third kappa shape index (κ3) is 8.82. The molecule has 0 aromatic heterocycles. The highest BCUT2D eigenvalue weighted by molar-refractivity contribution is 7.92. The molecule has 2 amide bonds. The first-order chi connectivity index (χ1) is 21.9. The van der Waals surface area contributed by atoms with Crippen molar-refractivity contribution in [3.63, 3.8) is 0 Å². The molecule has 11 heteroatoms. The molecule has 242 valence electrons. The Labute approximate surface area is 286 Å². The van der Waals surface area contributed by atoms with Gasteiger partial charge in [-0.2, -0.15) is 0 Å². The third-order valence-electron chi connectivity index (χ3n) is 7.66. The van der Waals surface area contributed by atoms with Gasteiger partial charge in [-0.1, -0.05) is 95.8 Å². The smallest absolute Gasteiger partial charge is 0.264 e. The van der Waals surface area contributed by atoms with Crippen LogP contribution < -0.4 is 9.62 Å². The molecule has 0 heterocycles. The number of amides is 2. The highest BCUT2D eigenvalue weighted by atomic mass is 35.5. The van der Waals surface area contributed by atoms with Crippen LogP contribution in [0.25, 0.3) is 0 Å². The minimum Gasteiger partial charge on any atom is -0.352 e.